The van der Waals surface area contributed by atoms with Crippen LogP contribution in [0.2, 0.25) is 0 Å². The average Bonchev–Trinajstić information content (AvgIpc) is 2.68. The summed E-state index contributed by atoms with van der Waals surface area (Å²) in [6, 6.07) is 1.91. The number of rotatable bonds is 6. The smallest absolute Gasteiger partial charge is 0.228 e. The molecule has 0 bridgehead atoms. The van der Waals surface area contributed by atoms with Gasteiger partial charge in [-0.3, -0.25) is 9.89 Å². The summed E-state index contributed by atoms with van der Waals surface area (Å²) in [5.74, 6) is 0.797. The van der Waals surface area contributed by atoms with Crippen LogP contribution in [-0.2, 0) is 11.2 Å². The van der Waals surface area contributed by atoms with Gasteiger partial charge in [0, 0.05) is 17.7 Å². The van der Waals surface area contributed by atoms with E-state index in [0.29, 0.717) is 5.82 Å². The predicted octanol–water partition coefficient (Wildman–Crippen LogP) is 2.74. The van der Waals surface area contributed by atoms with E-state index >= 15 is 0 Å². The molecule has 0 aromatic carbocycles. The molecule has 90 valence electrons. The summed E-state index contributed by atoms with van der Waals surface area (Å²) in [6.07, 6.45) is 3.78. The van der Waals surface area contributed by atoms with Gasteiger partial charge in [0.2, 0.25) is 5.91 Å². The fourth-order valence-electron chi connectivity index (χ4n) is 1.71. The Morgan fingerprint density at radius 1 is 1.44 bits per heavy atom. The summed E-state index contributed by atoms with van der Waals surface area (Å²) in [6.45, 7) is 6.17. The number of H-pyrrole nitrogens is 1. The summed E-state index contributed by atoms with van der Waals surface area (Å²) in [7, 11) is 0. The molecule has 0 aliphatic heterocycles. The van der Waals surface area contributed by atoms with Crippen molar-refractivity contribution in [2.24, 2.45) is 5.92 Å². The lowest BCUT2D eigenvalue weighted by Crippen LogP contribution is -2.21. The van der Waals surface area contributed by atoms with Crippen LogP contribution in [0.1, 0.15) is 45.7 Å². The maximum absolute atomic E-state index is 11.8. The quantitative estimate of drug-likeness (QED) is 0.779. The summed E-state index contributed by atoms with van der Waals surface area (Å²) >= 11 is 0. The van der Waals surface area contributed by atoms with Gasteiger partial charge in [0.25, 0.3) is 0 Å². The van der Waals surface area contributed by atoms with Crippen LogP contribution in [0, 0.1) is 5.92 Å². The Kier molecular flexibility index (Phi) is 5.02. The highest BCUT2D eigenvalue weighted by atomic mass is 16.1. The molecule has 1 rings (SSSR count). The van der Waals surface area contributed by atoms with Crippen molar-refractivity contribution in [2.45, 2.75) is 46.5 Å². The second kappa shape index (κ2) is 6.30. The standard InChI is InChI=1S/C12H21N3O/c1-4-7-10-8-11(15-14-10)13-12(16)9(5-2)6-3/h8-9H,4-7H2,1-3H3,(H2,13,14,15,16). The molecule has 1 heterocycles. The zero-order chi connectivity index (χ0) is 12.0. The van der Waals surface area contributed by atoms with Crippen molar-refractivity contribution < 1.29 is 4.79 Å². The Morgan fingerprint density at radius 3 is 2.69 bits per heavy atom. The van der Waals surface area contributed by atoms with E-state index in [1.807, 2.05) is 19.9 Å². The highest BCUT2D eigenvalue weighted by Gasteiger charge is 2.15. The van der Waals surface area contributed by atoms with E-state index in [0.717, 1.165) is 31.4 Å². The van der Waals surface area contributed by atoms with E-state index in [1.165, 1.54) is 0 Å². The Balaban J connectivity index is 2.55. The van der Waals surface area contributed by atoms with E-state index in [9.17, 15) is 4.79 Å². The molecule has 0 saturated carbocycles. The van der Waals surface area contributed by atoms with Crippen LogP contribution >= 0.6 is 0 Å². The van der Waals surface area contributed by atoms with Gasteiger partial charge in [-0.2, -0.15) is 5.10 Å². The van der Waals surface area contributed by atoms with Crippen molar-refractivity contribution in [1.29, 1.82) is 0 Å². The van der Waals surface area contributed by atoms with Crippen LogP contribution in [0.4, 0.5) is 5.82 Å². The number of aryl methyl sites for hydroxylation is 1. The summed E-state index contributed by atoms with van der Waals surface area (Å²) < 4.78 is 0. The third-order valence-electron chi connectivity index (χ3n) is 2.76. The van der Waals surface area contributed by atoms with E-state index in [1.54, 1.807) is 0 Å². The van der Waals surface area contributed by atoms with Crippen LogP contribution in [0.3, 0.4) is 0 Å². The minimum absolute atomic E-state index is 0.0690. The Labute approximate surface area is 96.8 Å². The number of nitrogens with one attached hydrogen (secondary N) is 2. The van der Waals surface area contributed by atoms with Crippen molar-refractivity contribution in [2.75, 3.05) is 5.32 Å². The molecular formula is C12H21N3O. The number of carbonyl (C=O) groups is 1. The molecule has 16 heavy (non-hydrogen) atoms. The lowest BCUT2D eigenvalue weighted by Gasteiger charge is -2.10. The molecule has 1 aromatic rings. The normalized spacial score (nSPS) is 10.8. The fraction of sp³-hybridized carbons (Fsp3) is 0.667. The van der Waals surface area contributed by atoms with Crippen LogP contribution in [0.5, 0.6) is 0 Å². The van der Waals surface area contributed by atoms with Crippen LogP contribution < -0.4 is 5.32 Å². The van der Waals surface area contributed by atoms with Crippen LogP contribution in [0.25, 0.3) is 0 Å². The first-order valence-electron chi connectivity index (χ1n) is 6.06. The molecule has 0 radical (unpaired) electrons. The molecule has 2 N–H and O–H groups in total. The molecule has 0 unspecified atom stereocenters. The monoisotopic (exact) mass is 223 g/mol. The minimum atomic E-state index is 0.0690. The zero-order valence-electron chi connectivity index (χ0n) is 10.3. The van der Waals surface area contributed by atoms with Crippen molar-refractivity contribution in [3.8, 4) is 0 Å². The van der Waals surface area contributed by atoms with Crippen molar-refractivity contribution in [3.05, 3.63) is 11.8 Å². The van der Waals surface area contributed by atoms with Crippen molar-refractivity contribution in [1.82, 2.24) is 10.2 Å². The number of hydrogen-bond acceptors (Lipinski definition) is 2. The second-order valence-corrected chi connectivity index (χ2v) is 4.03. The molecule has 4 nitrogen and oxygen atoms in total. The molecule has 1 aromatic heterocycles. The number of nitrogens with zero attached hydrogens (tertiary/aromatic N) is 1. The third kappa shape index (κ3) is 3.36. The molecule has 4 heteroatoms. The van der Waals surface area contributed by atoms with Gasteiger partial charge >= 0.3 is 0 Å². The summed E-state index contributed by atoms with van der Waals surface area (Å²) in [5, 5.41) is 9.83. The number of aromatic nitrogens is 2. The van der Waals surface area contributed by atoms with E-state index in [-0.39, 0.29) is 11.8 Å². The Morgan fingerprint density at radius 2 is 2.12 bits per heavy atom. The molecule has 0 fully saturated rings. The second-order valence-electron chi connectivity index (χ2n) is 4.03. The highest BCUT2D eigenvalue weighted by molar-refractivity contribution is 5.91. The van der Waals surface area contributed by atoms with E-state index < -0.39 is 0 Å². The number of aromatic amines is 1. The largest absolute Gasteiger partial charge is 0.309 e. The highest BCUT2D eigenvalue weighted by Crippen LogP contribution is 2.12. The Hall–Kier alpha value is -1.32. The van der Waals surface area contributed by atoms with Gasteiger partial charge in [-0.1, -0.05) is 27.2 Å². The average molecular weight is 223 g/mol. The van der Waals surface area contributed by atoms with Gasteiger partial charge in [0.15, 0.2) is 5.82 Å². The van der Waals surface area contributed by atoms with Gasteiger partial charge in [-0.15, -0.1) is 0 Å². The first kappa shape index (κ1) is 12.7. The predicted molar refractivity (Wildman–Crippen MR) is 65.3 cm³/mol. The molecule has 0 spiro atoms. The summed E-state index contributed by atoms with van der Waals surface area (Å²) in [4.78, 5) is 11.8. The van der Waals surface area contributed by atoms with Gasteiger partial charge in [-0.05, 0) is 19.3 Å². The number of carbonyl (C=O) groups excluding carboxylic acids is 1. The number of anilines is 1. The topological polar surface area (TPSA) is 57.8 Å². The molecule has 0 saturated heterocycles. The molecule has 0 aliphatic rings. The number of hydrogen-bond donors (Lipinski definition) is 2. The first-order chi connectivity index (χ1) is 7.71. The van der Waals surface area contributed by atoms with Gasteiger partial charge in [-0.25, -0.2) is 0 Å². The van der Waals surface area contributed by atoms with Crippen molar-refractivity contribution >= 4 is 11.7 Å². The Bertz CT molecular complexity index is 329. The van der Waals surface area contributed by atoms with Crippen molar-refractivity contribution in [3.63, 3.8) is 0 Å². The SMILES string of the molecule is CCCc1cc(NC(=O)C(CC)CC)n[nH]1. The molecule has 0 atom stereocenters. The molecule has 1 amide bonds. The maximum Gasteiger partial charge on any atom is 0.228 e. The molecule has 0 aliphatic carbocycles. The van der Waals surface area contributed by atoms with E-state index in [2.05, 4.69) is 22.4 Å². The zero-order valence-corrected chi connectivity index (χ0v) is 10.3. The lowest BCUT2D eigenvalue weighted by molar-refractivity contribution is -0.120. The maximum atomic E-state index is 11.8. The van der Waals surface area contributed by atoms with Crippen LogP contribution in [0.15, 0.2) is 6.07 Å². The van der Waals surface area contributed by atoms with Gasteiger partial charge < -0.3 is 5.32 Å². The van der Waals surface area contributed by atoms with Gasteiger partial charge in [0.1, 0.15) is 0 Å². The van der Waals surface area contributed by atoms with Gasteiger partial charge in [0.05, 0.1) is 0 Å². The first-order valence-corrected chi connectivity index (χ1v) is 6.06. The third-order valence-corrected chi connectivity index (χ3v) is 2.76. The molecular weight excluding hydrogens is 202 g/mol. The van der Waals surface area contributed by atoms with E-state index in [4.69, 9.17) is 0 Å². The minimum Gasteiger partial charge on any atom is -0.309 e. The summed E-state index contributed by atoms with van der Waals surface area (Å²) in [5.41, 5.74) is 1.07. The lowest BCUT2D eigenvalue weighted by atomic mass is 10.0. The number of amides is 1. The fourth-order valence-corrected chi connectivity index (χ4v) is 1.71. The van der Waals surface area contributed by atoms with Crippen LogP contribution in [-0.4, -0.2) is 16.1 Å².